The molecule has 0 unspecified atom stereocenters. The molecule has 7 heteroatoms. The summed E-state index contributed by atoms with van der Waals surface area (Å²) < 4.78 is 0. The summed E-state index contributed by atoms with van der Waals surface area (Å²) in [7, 11) is 0. The molecule has 17 heavy (non-hydrogen) atoms. The van der Waals surface area contributed by atoms with Crippen LogP contribution in [0.15, 0.2) is 12.7 Å². The maximum absolute atomic E-state index is 11.2. The Morgan fingerprint density at radius 2 is 2.12 bits per heavy atom. The zero-order chi connectivity index (χ0) is 13.3. The van der Waals surface area contributed by atoms with E-state index >= 15 is 0 Å². The van der Waals surface area contributed by atoms with Crippen molar-refractivity contribution >= 4 is 29.5 Å². The summed E-state index contributed by atoms with van der Waals surface area (Å²) in [4.78, 5) is 32.6. The normalized spacial score (nSPS) is 11.4. The zero-order valence-electron chi connectivity index (χ0n) is 9.56. The number of carbonyl (C=O) groups excluding carboxylic acids is 2. The molecule has 0 bridgehead atoms. The number of nitrogens with one attached hydrogen (secondary N) is 2. The lowest BCUT2D eigenvalue weighted by Gasteiger charge is -2.12. The summed E-state index contributed by atoms with van der Waals surface area (Å²) in [6, 6.07) is -0.968. The largest absolute Gasteiger partial charge is 0.480 e. The zero-order valence-corrected chi connectivity index (χ0v) is 10.4. The van der Waals surface area contributed by atoms with Gasteiger partial charge < -0.3 is 15.7 Å². The molecule has 3 N–H and O–H groups in total. The molecule has 96 valence electrons. The summed E-state index contributed by atoms with van der Waals surface area (Å²) in [5.41, 5.74) is 0. The monoisotopic (exact) mass is 260 g/mol. The van der Waals surface area contributed by atoms with Gasteiger partial charge in [0, 0.05) is 19.2 Å². The highest BCUT2D eigenvalue weighted by Crippen LogP contribution is 2.03. The summed E-state index contributed by atoms with van der Waals surface area (Å²) in [5.74, 6) is -1.41. The van der Waals surface area contributed by atoms with E-state index in [2.05, 4.69) is 17.2 Å². The van der Waals surface area contributed by atoms with E-state index in [1.807, 2.05) is 0 Å². The number of hydrogen-bond acceptors (Lipinski definition) is 4. The molecule has 1 atom stereocenters. The Morgan fingerprint density at radius 1 is 1.47 bits per heavy atom. The molecular formula is C10H16N2O4S. The quantitative estimate of drug-likeness (QED) is 0.517. The molecule has 0 spiro atoms. The van der Waals surface area contributed by atoms with Crippen LogP contribution < -0.4 is 10.6 Å². The lowest BCUT2D eigenvalue weighted by Crippen LogP contribution is -2.41. The van der Waals surface area contributed by atoms with Gasteiger partial charge in [0.1, 0.15) is 6.04 Å². The Morgan fingerprint density at radius 3 is 2.59 bits per heavy atom. The molecule has 0 aliphatic carbocycles. The van der Waals surface area contributed by atoms with Crippen LogP contribution >= 0.6 is 11.8 Å². The second kappa shape index (κ2) is 8.63. The fraction of sp³-hybridized carbons (Fsp3) is 0.500. The van der Waals surface area contributed by atoms with Crippen molar-refractivity contribution in [1.29, 1.82) is 0 Å². The Balaban J connectivity index is 3.89. The molecule has 0 aliphatic heterocycles. The maximum atomic E-state index is 11.2. The van der Waals surface area contributed by atoms with Crippen molar-refractivity contribution in [2.75, 3.05) is 18.1 Å². The standard InChI is InChI=1S/C10H16N2O4S/c1-3-4-11-9(14)6-17-5-8(10(15)16)12-7(2)13/h3,8H,1,4-6H2,2H3,(H,11,14)(H,12,13)(H,15,16)/t8-/m0/s1. The number of carboxylic acids is 1. The van der Waals surface area contributed by atoms with Gasteiger partial charge in [0.2, 0.25) is 11.8 Å². The first kappa shape index (κ1) is 15.5. The number of carboxylic acid groups (broad SMARTS) is 1. The van der Waals surface area contributed by atoms with Gasteiger partial charge in [-0.15, -0.1) is 18.3 Å². The first-order valence-corrected chi connectivity index (χ1v) is 6.08. The van der Waals surface area contributed by atoms with E-state index in [0.29, 0.717) is 6.54 Å². The van der Waals surface area contributed by atoms with Crippen molar-refractivity contribution in [1.82, 2.24) is 10.6 Å². The number of aliphatic carboxylic acids is 1. The van der Waals surface area contributed by atoms with E-state index in [1.54, 1.807) is 6.08 Å². The highest BCUT2D eigenvalue weighted by Gasteiger charge is 2.18. The minimum atomic E-state index is -1.11. The van der Waals surface area contributed by atoms with Crippen molar-refractivity contribution in [3.63, 3.8) is 0 Å². The first-order chi connectivity index (χ1) is 7.97. The van der Waals surface area contributed by atoms with Gasteiger partial charge in [0.25, 0.3) is 0 Å². The molecule has 0 saturated heterocycles. The molecule has 2 amide bonds. The molecule has 0 saturated carbocycles. The molecule has 0 aliphatic rings. The molecule has 6 nitrogen and oxygen atoms in total. The molecule has 0 aromatic heterocycles. The van der Waals surface area contributed by atoms with Gasteiger partial charge in [0.05, 0.1) is 5.75 Å². The molecular weight excluding hydrogens is 244 g/mol. The van der Waals surface area contributed by atoms with E-state index in [0.717, 1.165) is 11.8 Å². The van der Waals surface area contributed by atoms with Gasteiger partial charge in [-0.05, 0) is 0 Å². The van der Waals surface area contributed by atoms with E-state index in [-0.39, 0.29) is 17.4 Å². The van der Waals surface area contributed by atoms with Crippen LogP contribution in [0.3, 0.4) is 0 Å². The molecule has 0 fully saturated rings. The van der Waals surface area contributed by atoms with Crippen LogP contribution in [0.25, 0.3) is 0 Å². The van der Waals surface area contributed by atoms with Crippen LogP contribution in [-0.4, -0.2) is 47.0 Å². The highest BCUT2D eigenvalue weighted by molar-refractivity contribution is 8.00. The first-order valence-electron chi connectivity index (χ1n) is 4.92. The minimum absolute atomic E-state index is 0.149. The van der Waals surface area contributed by atoms with Crippen LogP contribution in [-0.2, 0) is 14.4 Å². The number of hydrogen-bond donors (Lipinski definition) is 3. The summed E-state index contributed by atoms with van der Waals surface area (Å²) in [6.45, 7) is 5.08. The third-order valence-corrected chi connectivity index (χ3v) is 2.67. The van der Waals surface area contributed by atoms with Crippen LogP contribution in [0.2, 0.25) is 0 Å². The van der Waals surface area contributed by atoms with E-state index < -0.39 is 17.9 Å². The van der Waals surface area contributed by atoms with Gasteiger partial charge in [-0.1, -0.05) is 6.08 Å². The second-order valence-electron chi connectivity index (χ2n) is 3.20. The third-order valence-electron chi connectivity index (χ3n) is 1.64. The van der Waals surface area contributed by atoms with Gasteiger partial charge in [0.15, 0.2) is 0 Å². The van der Waals surface area contributed by atoms with Gasteiger partial charge in [-0.2, -0.15) is 0 Å². The summed E-state index contributed by atoms with van der Waals surface area (Å²) >= 11 is 1.15. The molecule has 0 heterocycles. The van der Waals surface area contributed by atoms with Crippen molar-refractivity contribution in [2.45, 2.75) is 13.0 Å². The van der Waals surface area contributed by atoms with Crippen molar-refractivity contribution in [3.8, 4) is 0 Å². The second-order valence-corrected chi connectivity index (χ2v) is 4.23. The third kappa shape index (κ3) is 8.32. The highest BCUT2D eigenvalue weighted by atomic mass is 32.2. The Hall–Kier alpha value is -1.50. The fourth-order valence-corrected chi connectivity index (χ4v) is 1.79. The SMILES string of the molecule is C=CCNC(=O)CSC[C@H](NC(C)=O)C(=O)O. The van der Waals surface area contributed by atoms with Crippen LogP contribution in [0.5, 0.6) is 0 Å². The predicted molar refractivity (Wildman–Crippen MR) is 65.8 cm³/mol. The number of carbonyl (C=O) groups is 3. The smallest absolute Gasteiger partial charge is 0.327 e. The lowest BCUT2D eigenvalue weighted by molar-refractivity contribution is -0.140. The lowest BCUT2D eigenvalue weighted by atomic mass is 10.3. The van der Waals surface area contributed by atoms with Crippen molar-refractivity contribution in [2.24, 2.45) is 0 Å². The molecule has 0 rings (SSSR count). The van der Waals surface area contributed by atoms with Crippen LogP contribution in [0, 0.1) is 0 Å². The minimum Gasteiger partial charge on any atom is -0.480 e. The summed E-state index contributed by atoms with van der Waals surface area (Å²) in [6.07, 6.45) is 1.56. The molecule has 0 aromatic rings. The number of rotatable bonds is 8. The van der Waals surface area contributed by atoms with Gasteiger partial charge in [-0.25, -0.2) is 4.79 Å². The van der Waals surface area contributed by atoms with E-state index in [1.165, 1.54) is 6.92 Å². The van der Waals surface area contributed by atoms with Crippen molar-refractivity contribution in [3.05, 3.63) is 12.7 Å². The van der Waals surface area contributed by atoms with Gasteiger partial charge >= 0.3 is 5.97 Å². The topological polar surface area (TPSA) is 95.5 Å². The Labute approximate surface area is 104 Å². The van der Waals surface area contributed by atoms with E-state index in [9.17, 15) is 14.4 Å². The van der Waals surface area contributed by atoms with Crippen LogP contribution in [0.1, 0.15) is 6.92 Å². The van der Waals surface area contributed by atoms with Crippen molar-refractivity contribution < 1.29 is 19.5 Å². The fourth-order valence-electron chi connectivity index (χ4n) is 0.927. The molecule has 0 radical (unpaired) electrons. The maximum Gasteiger partial charge on any atom is 0.327 e. The van der Waals surface area contributed by atoms with Gasteiger partial charge in [-0.3, -0.25) is 9.59 Å². The summed E-state index contributed by atoms with van der Waals surface area (Å²) in [5, 5.41) is 13.6. The van der Waals surface area contributed by atoms with Crippen LogP contribution in [0.4, 0.5) is 0 Å². The number of amides is 2. The average Bonchev–Trinajstić information content (AvgIpc) is 2.24. The Kier molecular flexibility index (Phi) is 7.87. The average molecular weight is 260 g/mol. The molecule has 0 aromatic carbocycles. The Bertz CT molecular complexity index is 307. The predicted octanol–water partition coefficient (Wildman–Crippen LogP) is -0.389. The number of thioether (sulfide) groups is 1. The van der Waals surface area contributed by atoms with E-state index in [4.69, 9.17) is 5.11 Å².